The highest BCUT2D eigenvalue weighted by atomic mass is 16.7. The zero-order valence-corrected chi connectivity index (χ0v) is 15.6. The standard InChI is InChI=1S/C21H22N2O5/c1-2-3-10-22-21(25)17(23-20(24)9-7-16-5-4-11-26-16)12-15-6-8-18-19(13-15)28-14-27-18/h4-9,11-13H,2-3,10,14H2,1H3,(H,22,25)(H,23,24)/b9-7+,17-12+. The number of ether oxygens (including phenoxy) is 2. The quantitative estimate of drug-likeness (QED) is 0.541. The van der Waals surface area contributed by atoms with Gasteiger partial charge in [-0.05, 0) is 48.4 Å². The molecule has 0 spiro atoms. The van der Waals surface area contributed by atoms with Gasteiger partial charge in [-0.25, -0.2) is 0 Å². The highest BCUT2D eigenvalue weighted by Gasteiger charge is 2.15. The molecule has 0 unspecified atom stereocenters. The van der Waals surface area contributed by atoms with E-state index in [0.717, 1.165) is 12.8 Å². The Morgan fingerprint density at radius 3 is 2.82 bits per heavy atom. The van der Waals surface area contributed by atoms with Gasteiger partial charge in [0.2, 0.25) is 12.7 Å². The predicted octanol–water partition coefficient (Wildman–Crippen LogP) is 3.10. The third-order valence-electron chi connectivity index (χ3n) is 3.97. The summed E-state index contributed by atoms with van der Waals surface area (Å²) in [5.41, 5.74) is 0.851. The highest BCUT2D eigenvalue weighted by molar-refractivity contribution is 6.04. The van der Waals surface area contributed by atoms with Crippen LogP contribution in [-0.4, -0.2) is 25.2 Å². The van der Waals surface area contributed by atoms with Crippen molar-refractivity contribution in [3.05, 3.63) is 59.7 Å². The second-order valence-corrected chi connectivity index (χ2v) is 6.12. The molecule has 0 radical (unpaired) electrons. The minimum absolute atomic E-state index is 0.143. The Morgan fingerprint density at radius 1 is 1.18 bits per heavy atom. The molecule has 146 valence electrons. The van der Waals surface area contributed by atoms with E-state index in [1.807, 2.05) is 6.92 Å². The molecule has 7 heteroatoms. The lowest BCUT2D eigenvalue weighted by atomic mass is 10.1. The lowest BCUT2D eigenvalue weighted by Crippen LogP contribution is -2.34. The number of unbranched alkanes of at least 4 members (excludes halogenated alkanes) is 1. The van der Waals surface area contributed by atoms with Crippen molar-refractivity contribution in [3.63, 3.8) is 0 Å². The smallest absolute Gasteiger partial charge is 0.267 e. The van der Waals surface area contributed by atoms with Crippen LogP contribution in [0, 0.1) is 0 Å². The van der Waals surface area contributed by atoms with Gasteiger partial charge in [-0.3, -0.25) is 9.59 Å². The van der Waals surface area contributed by atoms with Gasteiger partial charge in [0, 0.05) is 12.6 Å². The molecular formula is C21H22N2O5. The fourth-order valence-corrected chi connectivity index (χ4v) is 2.52. The zero-order valence-electron chi connectivity index (χ0n) is 15.6. The number of carbonyl (C=O) groups excluding carboxylic acids is 2. The molecule has 3 rings (SSSR count). The number of hydrogen-bond acceptors (Lipinski definition) is 5. The van der Waals surface area contributed by atoms with Crippen molar-refractivity contribution in [2.45, 2.75) is 19.8 Å². The predicted molar refractivity (Wildman–Crippen MR) is 104 cm³/mol. The van der Waals surface area contributed by atoms with Gasteiger partial charge >= 0.3 is 0 Å². The number of benzene rings is 1. The third kappa shape index (κ3) is 5.26. The summed E-state index contributed by atoms with van der Waals surface area (Å²) in [6.07, 6.45) is 7.77. The Balaban J connectivity index is 1.76. The normalized spacial score (nSPS) is 13.0. The van der Waals surface area contributed by atoms with Gasteiger partial charge in [0.1, 0.15) is 11.5 Å². The second-order valence-electron chi connectivity index (χ2n) is 6.12. The van der Waals surface area contributed by atoms with Crippen LogP contribution in [-0.2, 0) is 9.59 Å². The van der Waals surface area contributed by atoms with Crippen molar-refractivity contribution in [3.8, 4) is 11.5 Å². The van der Waals surface area contributed by atoms with Gasteiger partial charge in [0.25, 0.3) is 5.91 Å². The van der Waals surface area contributed by atoms with Crippen LogP contribution in [0.15, 0.2) is 52.8 Å². The van der Waals surface area contributed by atoms with E-state index in [2.05, 4.69) is 10.6 Å². The van der Waals surface area contributed by atoms with E-state index in [9.17, 15) is 9.59 Å². The molecule has 2 N–H and O–H groups in total. The fraction of sp³-hybridized carbons (Fsp3) is 0.238. The highest BCUT2D eigenvalue weighted by Crippen LogP contribution is 2.33. The Bertz CT molecular complexity index is 884. The first-order chi connectivity index (χ1) is 13.7. The molecule has 2 aromatic rings. The summed E-state index contributed by atoms with van der Waals surface area (Å²) >= 11 is 0. The number of nitrogens with one attached hydrogen (secondary N) is 2. The van der Waals surface area contributed by atoms with E-state index in [1.54, 1.807) is 36.4 Å². The van der Waals surface area contributed by atoms with Gasteiger partial charge in [-0.1, -0.05) is 19.4 Å². The number of amides is 2. The SMILES string of the molecule is CCCCNC(=O)/C(=C\c1ccc2c(c1)OCO2)NC(=O)/C=C/c1ccco1. The van der Waals surface area contributed by atoms with Crippen LogP contribution in [0.5, 0.6) is 11.5 Å². The lowest BCUT2D eigenvalue weighted by molar-refractivity contribution is -0.121. The van der Waals surface area contributed by atoms with Crippen molar-refractivity contribution in [2.75, 3.05) is 13.3 Å². The summed E-state index contributed by atoms with van der Waals surface area (Å²) in [6, 6.07) is 8.76. The van der Waals surface area contributed by atoms with E-state index in [0.29, 0.717) is 29.4 Å². The number of fused-ring (bicyclic) bond motifs is 1. The molecule has 2 heterocycles. The first-order valence-corrected chi connectivity index (χ1v) is 9.08. The van der Waals surface area contributed by atoms with E-state index >= 15 is 0 Å². The van der Waals surface area contributed by atoms with Crippen LogP contribution in [0.1, 0.15) is 31.1 Å². The molecule has 1 aromatic carbocycles. The topological polar surface area (TPSA) is 89.8 Å². The second kappa shape index (κ2) is 9.45. The molecule has 0 saturated heterocycles. The van der Waals surface area contributed by atoms with Crippen molar-refractivity contribution in [2.24, 2.45) is 0 Å². The van der Waals surface area contributed by atoms with Gasteiger partial charge in [-0.2, -0.15) is 0 Å². The minimum Gasteiger partial charge on any atom is -0.465 e. The summed E-state index contributed by atoms with van der Waals surface area (Å²) in [5, 5.41) is 5.44. The average molecular weight is 382 g/mol. The van der Waals surface area contributed by atoms with Crippen molar-refractivity contribution >= 4 is 24.0 Å². The number of carbonyl (C=O) groups is 2. The van der Waals surface area contributed by atoms with Gasteiger partial charge in [0.05, 0.1) is 6.26 Å². The molecule has 0 fully saturated rings. The molecular weight excluding hydrogens is 360 g/mol. The molecule has 1 aliphatic heterocycles. The van der Waals surface area contributed by atoms with Crippen LogP contribution in [0.2, 0.25) is 0 Å². The maximum atomic E-state index is 12.5. The first-order valence-electron chi connectivity index (χ1n) is 9.08. The van der Waals surface area contributed by atoms with Crippen LogP contribution >= 0.6 is 0 Å². The van der Waals surface area contributed by atoms with E-state index < -0.39 is 5.91 Å². The number of rotatable bonds is 8. The average Bonchev–Trinajstić information content (AvgIpc) is 3.37. The van der Waals surface area contributed by atoms with E-state index in [4.69, 9.17) is 13.9 Å². The largest absolute Gasteiger partial charge is 0.465 e. The monoisotopic (exact) mass is 382 g/mol. The minimum atomic E-state index is -0.436. The maximum absolute atomic E-state index is 12.5. The summed E-state index contributed by atoms with van der Waals surface area (Å²) in [5.74, 6) is 1.00. The summed E-state index contributed by atoms with van der Waals surface area (Å²) in [7, 11) is 0. The molecule has 0 bridgehead atoms. The number of furan rings is 1. The third-order valence-corrected chi connectivity index (χ3v) is 3.97. The molecule has 2 amide bonds. The van der Waals surface area contributed by atoms with Gasteiger partial charge in [-0.15, -0.1) is 0 Å². The summed E-state index contributed by atoms with van der Waals surface area (Å²) in [6.45, 7) is 2.74. The van der Waals surface area contributed by atoms with Crippen molar-refractivity contribution in [1.29, 1.82) is 0 Å². The molecule has 0 atom stereocenters. The Labute approximate surface area is 163 Å². The van der Waals surface area contributed by atoms with Gasteiger partial charge in [0.15, 0.2) is 11.5 Å². The molecule has 28 heavy (non-hydrogen) atoms. The first kappa shape index (κ1) is 19.3. The van der Waals surface area contributed by atoms with E-state index in [-0.39, 0.29) is 18.4 Å². The Morgan fingerprint density at radius 2 is 2.04 bits per heavy atom. The van der Waals surface area contributed by atoms with E-state index in [1.165, 1.54) is 18.4 Å². The van der Waals surface area contributed by atoms with Crippen LogP contribution in [0.3, 0.4) is 0 Å². The maximum Gasteiger partial charge on any atom is 0.267 e. The Hall–Kier alpha value is -3.48. The molecule has 0 saturated carbocycles. The van der Waals surface area contributed by atoms with Crippen LogP contribution < -0.4 is 20.1 Å². The van der Waals surface area contributed by atoms with Crippen LogP contribution in [0.25, 0.3) is 12.2 Å². The van der Waals surface area contributed by atoms with Crippen molar-refractivity contribution < 1.29 is 23.5 Å². The number of hydrogen-bond donors (Lipinski definition) is 2. The molecule has 7 nitrogen and oxygen atoms in total. The van der Waals surface area contributed by atoms with Crippen molar-refractivity contribution in [1.82, 2.24) is 10.6 Å². The fourth-order valence-electron chi connectivity index (χ4n) is 2.52. The summed E-state index contributed by atoms with van der Waals surface area (Å²) < 4.78 is 15.8. The molecule has 1 aromatic heterocycles. The molecule has 1 aliphatic rings. The zero-order chi connectivity index (χ0) is 19.8. The van der Waals surface area contributed by atoms with Crippen LogP contribution in [0.4, 0.5) is 0 Å². The summed E-state index contributed by atoms with van der Waals surface area (Å²) in [4.78, 5) is 24.8. The molecule has 0 aliphatic carbocycles. The Kier molecular flexibility index (Phi) is 6.51. The van der Waals surface area contributed by atoms with Gasteiger partial charge < -0.3 is 24.5 Å². The lowest BCUT2D eigenvalue weighted by Gasteiger charge is -2.10.